The van der Waals surface area contributed by atoms with Gasteiger partial charge in [0.05, 0.1) is 30.5 Å². The van der Waals surface area contributed by atoms with E-state index < -0.39 is 5.97 Å². The van der Waals surface area contributed by atoms with Gasteiger partial charge in [0, 0.05) is 6.07 Å². The SMILES string of the molecule is COC(=O)c1cc(OC)cc(N)c1Cl.Cl. The van der Waals surface area contributed by atoms with Crippen molar-refractivity contribution in [2.45, 2.75) is 0 Å². The number of benzene rings is 1. The van der Waals surface area contributed by atoms with Crippen molar-refractivity contribution in [1.29, 1.82) is 0 Å². The van der Waals surface area contributed by atoms with Crippen LogP contribution >= 0.6 is 24.0 Å². The number of rotatable bonds is 2. The van der Waals surface area contributed by atoms with Crippen molar-refractivity contribution in [2.24, 2.45) is 0 Å². The molecule has 1 aromatic carbocycles. The number of hydrogen-bond donors (Lipinski definition) is 1. The highest BCUT2D eigenvalue weighted by Crippen LogP contribution is 2.29. The molecule has 1 aromatic rings. The monoisotopic (exact) mass is 251 g/mol. The number of halogens is 2. The first-order valence-electron chi connectivity index (χ1n) is 3.81. The Morgan fingerprint density at radius 2 is 2.00 bits per heavy atom. The van der Waals surface area contributed by atoms with Gasteiger partial charge in [-0.2, -0.15) is 0 Å². The lowest BCUT2D eigenvalue weighted by molar-refractivity contribution is 0.0600. The summed E-state index contributed by atoms with van der Waals surface area (Å²) in [5.41, 5.74) is 6.05. The Morgan fingerprint density at radius 1 is 1.40 bits per heavy atom. The molecule has 0 spiro atoms. The van der Waals surface area contributed by atoms with Crippen LogP contribution in [-0.4, -0.2) is 20.2 Å². The molecule has 15 heavy (non-hydrogen) atoms. The number of hydrogen-bond acceptors (Lipinski definition) is 4. The quantitative estimate of drug-likeness (QED) is 0.647. The molecule has 0 unspecified atom stereocenters. The largest absolute Gasteiger partial charge is 0.497 e. The second-order valence-electron chi connectivity index (χ2n) is 2.57. The predicted molar refractivity (Wildman–Crippen MR) is 61.0 cm³/mol. The van der Waals surface area contributed by atoms with Crippen molar-refractivity contribution < 1.29 is 14.3 Å². The number of anilines is 1. The molecule has 0 amide bonds. The number of ether oxygens (including phenoxy) is 2. The molecule has 0 bridgehead atoms. The van der Waals surface area contributed by atoms with E-state index in [1.54, 1.807) is 0 Å². The second-order valence-corrected chi connectivity index (χ2v) is 2.95. The maximum atomic E-state index is 11.2. The van der Waals surface area contributed by atoms with Gasteiger partial charge in [0.15, 0.2) is 0 Å². The van der Waals surface area contributed by atoms with E-state index in [0.29, 0.717) is 5.75 Å². The molecular weight excluding hydrogens is 241 g/mol. The highest BCUT2D eigenvalue weighted by atomic mass is 35.5. The smallest absolute Gasteiger partial charge is 0.339 e. The maximum absolute atomic E-state index is 11.2. The Hall–Kier alpha value is -1.13. The molecule has 0 aliphatic heterocycles. The molecule has 0 heterocycles. The van der Waals surface area contributed by atoms with Crippen LogP contribution in [0, 0.1) is 0 Å². The predicted octanol–water partition coefficient (Wildman–Crippen LogP) is 2.14. The first-order valence-corrected chi connectivity index (χ1v) is 4.19. The fraction of sp³-hybridized carbons (Fsp3) is 0.222. The summed E-state index contributed by atoms with van der Waals surface area (Å²) in [5.74, 6) is -0.0760. The van der Waals surface area contributed by atoms with Gasteiger partial charge < -0.3 is 15.2 Å². The molecule has 0 aromatic heterocycles. The van der Waals surface area contributed by atoms with Gasteiger partial charge in [-0.25, -0.2) is 4.79 Å². The van der Waals surface area contributed by atoms with E-state index in [0.717, 1.165) is 0 Å². The fourth-order valence-corrected chi connectivity index (χ4v) is 1.18. The van der Waals surface area contributed by atoms with Gasteiger partial charge in [-0.05, 0) is 6.07 Å². The summed E-state index contributed by atoms with van der Waals surface area (Å²) >= 11 is 5.81. The van der Waals surface area contributed by atoms with Gasteiger partial charge in [-0.15, -0.1) is 12.4 Å². The minimum absolute atomic E-state index is 0. The average molecular weight is 252 g/mol. The summed E-state index contributed by atoms with van der Waals surface area (Å²) in [6, 6.07) is 3.01. The van der Waals surface area contributed by atoms with Crippen LogP contribution in [0.25, 0.3) is 0 Å². The van der Waals surface area contributed by atoms with Crippen LogP contribution in [0.4, 0.5) is 5.69 Å². The normalized spacial score (nSPS) is 9.00. The molecule has 0 saturated carbocycles. The number of carbonyl (C=O) groups excluding carboxylic acids is 1. The molecule has 0 aliphatic carbocycles. The lowest BCUT2D eigenvalue weighted by Gasteiger charge is -2.07. The van der Waals surface area contributed by atoms with E-state index in [1.807, 2.05) is 0 Å². The fourth-order valence-electron chi connectivity index (χ4n) is 0.996. The van der Waals surface area contributed by atoms with Crippen LogP contribution in [0.5, 0.6) is 5.75 Å². The molecular formula is C9H11Cl2NO3. The third kappa shape index (κ3) is 2.91. The third-order valence-electron chi connectivity index (χ3n) is 1.72. The van der Waals surface area contributed by atoms with E-state index in [1.165, 1.54) is 26.4 Å². The van der Waals surface area contributed by atoms with Crippen LogP contribution < -0.4 is 10.5 Å². The lowest BCUT2D eigenvalue weighted by atomic mass is 10.2. The molecule has 0 radical (unpaired) electrons. The molecule has 4 nitrogen and oxygen atoms in total. The minimum atomic E-state index is -0.541. The first kappa shape index (κ1) is 13.9. The van der Waals surface area contributed by atoms with E-state index in [9.17, 15) is 4.79 Å². The Bertz CT molecular complexity index is 369. The summed E-state index contributed by atoms with van der Waals surface area (Å²) in [6.07, 6.45) is 0. The van der Waals surface area contributed by atoms with Crippen LogP contribution in [0.1, 0.15) is 10.4 Å². The zero-order chi connectivity index (χ0) is 10.7. The van der Waals surface area contributed by atoms with Crippen molar-refractivity contribution in [3.63, 3.8) is 0 Å². The average Bonchev–Trinajstić information content (AvgIpc) is 2.20. The van der Waals surface area contributed by atoms with Crippen molar-refractivity contribution >= 4 is 35.7 Å². The first-order chi connectivity index (χ1) is 6.60. The molecule has 0 fully saturated rings. The van der Waals surface area contributed by atoms with Gasteiger partial charge in [0.25, 0.3) is 0 Å². The zero-order valence-electron chi connectivity index (χ0n) is 8.24. The van der Waals surface area contributed by atoms with Crippen molar-refractivity contribution in [3.05, 3.63) is 22.7 Å². The van der Waals surface area contributed by atoms with Gasteiger partial charge in [-0.3, -0.25) is 0 Å². The maximum Gasteiger partial charge on any atom is 0.339 e. The van der Waals surface area contributed by atoms with Crippen LogP contribution in [-0.2, 0) is 4.74 Å². The van der Waals surface area contributed by atoms with E-state index in [2.05, 4.69) is 4.74 Å². The highest BCUT2D eigenvalue weighted by Gasteiger charge is 2.14. The van der Waals surface area contributed by atoms with Crippen molar-refractivity contribution in [1.82, 2.24) is 0 Å². The van der Waals surface area contributed by atoms with E-state index in [-0.39, 0.29) is 28.7 Å². The molecule has 0 aliphatic rings. The Morgan fingerprint density at radius 3 is 2.47 bits per heavy atom. The summed E-state index contributed by atoms with van der Waals surface area (Å²) in [4.78, 5) is 11.2. The number of esters is 1. The van der Waals surface area contributed by atoms with Crippen LogP contribution in [0.3, 0.4) is 0 Å². The molecule has 0 atom stereocenters. The summed E-state index contributed by atoms with van der Waals surface area (Å²) in [5, 5.41) is 0.178. The third-order valence-corrected chi connectivity index (χ3v) is 2.14. The van der Waals surface area contributed by atoms with E-state index >= 15 is 0 Å². The molecule has 6 heteroatoms. The van der Waals surface area contributed by atoms with Gasteiger partial charge in [0.1, 0.15) is 5.75 Å². The topological polar surface area (TPSA) is 61.5 Å². The molecule has 0 saturated heterocycles. The summed E-state index contributed by atoms with van der Waals surface area (Å²) < 4.78 is 9.48. The van der Waals surface area contributed by atoms with Gasteiger partial charge in [0.2, 0.25) is 0 Å². The van der Waals surface area contributed by atoms with Gasteiger partial charge >= 0.3 is 5.97 Å². The Labute approximate surface area is 98.7 Å². The van der Waals surface area contributed by atoms with Crippen LogP contribution in [0.15, 0.2) is 12.1 Å². The lowest BCUT2D eigenvalue weighted by Crippen LogP contribution is -2.04. The van der Waals surface area contributed by atoms with E-state index in [4.69, 9.17) is 22.1 Å². The highest BCUT2D eigenvalue weighted by molar-refractivity contribution is 6.36. The van der Waals surface area contributed by atoms with Crippen LogP contribution in [0.2, 0.25) is 5.02 Å². The Kier molecular flexibility index (Phi) is 5.25. The van der Waals surface area contributed by atoms with Gasteiger partial charge in [-0.1, -0.05) is 11.6 Å². The Balaban J connectivity index is 0.00000196. The summed E-state index contributed by atoms with van der Waals surface area (Å²) in [6.45, 7) is 0. The second kappa shape index (κ2) is 5.68. The zero-order valence-corrected chi connectivity index (χ0v) is 9.82. The molecule has 84 valence electrons. The molecule has 2 N–H and O–H groups in total. The van der Waals surface area contributed by atoms with Crippen molar-refractivity contribution in [2.75, 3.05) is 20.0 Å². The number of nitrogens with two attached hydrogens (primary N) is 1. The molecule has 1 rings (SSSR count). The number of nitrogen functional groups attached to an aromatic ring is 1. The standard InChI is InChI=1S/C9H10ClNO3.ClH/c1-13-5-3-6(9(12)14-2)8(10)7(11)4-5;/h3-4H,11H2,1-2H3;1H. The number of methoxy groups -OCH3 is 2. The van der Waals surface area contributed by atoms with Crippen molar-refractivity contribution in [3.8, 4) is 5.75 Å². The minimum Gasteiger partial charge on any atom is -0.497 e. The number of carbonyl (C=O) groups is 1. The summed E-state index contributed by atoms with van der Waals surface area (Å²) in [7, 11) is 2.75.